The van der Waals surface area contributed by atoms with Crippen LogP contribution in [-0.2, 0) is 25.1 Å². The third kappa shape index (κ3) is 4.47. The highest BCUT2D eigenvalue weighted by Crippen LogP contribution is 2.17. The molecule has 8 nitrogen and oxygen atoms in total. The fourth-order valence-corrected chi connectivity index (χ4v) is 3.18. The van der Waals surface area contributed by atoms with E-state index in [4.69, 9.17) is 9.47 Å². The van der Waals surface area contributed by atoms with E-state index in [0.29, 0.717) is 25.3 Å². The van der Waals surface area contributed by atoms with E-state index in [1.807, 2.05) is 0 Å². The van der Waals surface area contributed by atoms with Crippen LogP contribution in [0.15, 0.2) is 24.3 Å². The van der Waals surface area contributed by atoms with Gasteiger partial charge in [-0.3, -0.25) is 10.1 Å². The molecule has 1 aromatic rings. The highest BCUT2D eigenvalue weighted by atomic mass is 32.2. The maximum Gasteiger partial charge on any atom is 0.269 e. The molecule has 9 heteroatoms. The van der Waals surface area contributed by atoms with Gasteiger partial charge < -0.3 is 14.8 Å². The Hall–Kier alpha value is -1.55. The lowest BCUT2D eigenvalue weighted by Gasteiger charge is -2.26. The fourth-order valence-electron chi connectivity index (χ4n) is 1.99. The molecule has 1 saturated heterocycles. The molecule has 22 heavy (non-hydrogen) atoms. The first-order valence-electron chi connectivity index (χ1n) is 6.81. The molecule has 1 heterocycles. The van der Waals surface area contributed by atoms with Gasteiger partial charge in [-0.15, -0.1) is 0 Å². The van der Waals surface area contributed by atoms with Crippen LogP contribution in [-0.4, -0.2) is 44.8 Å². The normalized spacial score (nSPS) is 20.5. The van der Waals surface area contributed by atoms with Crippen molar-refractivity contribution < 1.29 is 22.8 Å². The van der Waals surface area contributed by atoms with Crippen molar-refractivity contribution in [3.05, 3.63) is 39.9 Å². The summed E-state index contributed by atoms with van der Waals surface area (Å²) in [5.41, 5.74) is -0.622. The number of hydrogen-bond acceptors (Lipinski definition) is 7. The van der Waals surface area contributed by atoms with Gasteiger partial charge in [0, 0.05) is 25.2 Å². The number of nitrogens with one attached hydrogen (secondary N) is 1. The number of rotatable bonds is 6. The van der Waals surface area contributed by atoms with Gasteiger partial charge in [-0.25, -0.2) is 8.42 Å². The van der Waals surface area contributed by atoms with Crippen molar-refractivity contribution in [3.63, 3.8) is 0 Å². The Kier molecular flexibility index (Phi) is 5.46. The topological polar surface area (TPSA) is 108 Å². The third-order valence-corrected chi connectivity index (χ3v) is 5.12. The zero-order valence-electron chi connectivity index (χ0n) is 12.1. The first-order chi connectivity index (χ1) is 10.4. The number of sulfone groups is 1. The van der Waals surface area contributed by atoms with E-state index in [0.717, 1.165) is 0 Å². The van der Waals surface area contributed by atoms with Gasteiger partial charge in [-0.2, -0.15) is 0 Å². The van der Waals surface area contributed by atoms with E-state index < -0.39 is 26.5 Å². The zero-order chi connectivity index (χ0) is 16.2. The highest BCUT2D eigenvalue weighted by Gasteiger charge is 2.26. The molecule has 1 aliphatic heterocycles. The highest BCUT2D eigenvalue weighted by molar-refractivity contribution is 7.91. The Morgan fingerprint density at radius 2 is 2.14 bits per heavy atom. The molecule has 0 aliphatic carbocycles. The van der Waals surface area contributed by atoms with Crippen molar-refractivity contribution in [1.29, 1.82) is 0 Å². The Morgan fingerprint density at radius 1 is 1.45 bits per heavy atom. The average Bonchev–Trinajstić information content (AvgIpc) is 2.48. The predicted octanol–water partition coefficient (Wildman–Crippen LogP) is 0.818. The van der Waals surface area contributed by atoms with Gasteiger partial charge in [-0.05, 0) is 12.5 Å². The number of non-ortho nitro benzene ring substituents is 1. The van der Waals surface area contributed by atoms with Gasteiger partial charge in [0.15, 0.2) is 21.6 Å². The molecule has 1 fully saturated rings. The number of hydrogen-bond donors (Lipinski definition) is 1. The number of ether oxygens (including phenoxy) is 2. The Balaban J connectivity index is 1.98. The van der Waals surface area contributed by atoms with Crippen LogP contribution in [0.25, 0.3) is 0 Å². The van der Waals surface area contributed by atoms with E-state index in [2.05, 4.69) is 5.32 Å². The fraction of sp³-hybridized carbons (Fsp3) is 0.538. The number of nitro groups is 1. The van der Waals surface area contributed by atoms with Crippen LogP contribution < -0.4 is 5.32 Å². The molecule has 0 radical (unpaired) electrons. The molecule has 1 aromatic carbocycles. The summed E-state index contributed by atoms with van der Waals surface area (Å²) >= 11 is 0. The van der Waals surface area contributed by atoms with E-state index in [-0.39, 0.29) is 11.4 Å². The van der Waals surface area contributed by atoms with Crippen LogP contribution >= 0.6 is 0 Å². The van der Waals surface area contributed by atoms with Crippen LogP contribution in [0.5, 0.6) is 0 Å². The second-order valence-electron chi connectivity index (χ2n) is 4.94. The number of nitro benzene ring substituents is 1. The molecule has 2 atom stereocenters. The molecule has 0 spiro atoms. The Labute approximate surface area is 128 Å². The first-order valence-corrected chi connectivity index (χ1v) is 8.53. The average molecular weight is 330 g/mol. The quantitative estimate of drug-likeness (QED) is 0.607. The first kappa shape index (κ1) is 16.8. The van der Waals surface area contributed by atoms with Crippen LogP contribution in [0.3, 0.4) is 0 Å². The van der Waals surface area contributed by atoms with Gasteiger partial charge in [0.2, 0.25) is 0 Å². The van der Waals surface area contributed by atoms with Crippen molar-refractivity contribution >= 4 is 15.5 Å². The molecule has 1 N–H and O–H groups in total. The summed E-state index contributed by atoms with van der Waals surface area (Å²) < 4.78 is 35.2. The van der Waals surface area contributed by atoms with Crippen molar-refractivity contribution in [2.45, 2.75) is 24.4 Å². The van der Waals surface area contributed by atoms with Gasteiger partial charge >= 0.3 is 0 Å². The summed E-state index contributed by atoms with van der Waals surface area (Å²) in [6, 6.07) is 5.43. The molecule has 2 unspecified atom stereocenters. The van der Waals surface area contributed by atoms with Gasteiger partial charge in [0.05, 0.1) is 17.3 Å². The van der Waals surface area contributed by atoms with Crippen molar-refractivity contribution in [2.75, 3.05) is 19.7 Å². The lowest BCUT2D eigenvalue weighted by molar-refractivity contribution is -0.384. The largest absolute Gasteiger partial charge is 0.350 e. The smallest absolute Gasteiger partial charge is 0.269 e. The minimum Gasteiger partial charge on any atom is -0.350 e. The summed E-state index contributed by atoms with van der Waals surface area (Å²) in [6.45, 7) is 3.08. The minimum atomic E-state index is -3.55. The van der Waals surface area contributed by atoms with E-state index in [9.17, 15) is 18.5 Å². The van der Waals surface area contributed by atoms with Crippen molar-refractivity contribution in [1.82, 2.24) is 5.32 Å². The summed E-state index contributed by atoms with van der Waals surface area (Å²) in [4.78, 5) is 10.0. The van der Waals surface area contributed by atoms with Gasteiger partial charge in [0.25, 0.3) is 5.69 Å². The standard InChI is InChI=1S/C13H18N2O6S/c1-10(21-13-8-14-6-7-20-13)22(18,19)9-11-2-4-12(5-3-11)15(16)17/h2-5,10,13-14H,6-9H2,1H3. The predicted molar refractivity (Wildman–Crippen MR) is 78.9 cm³/mol. The van der Waals surface area contributed by atoms with Crippen LogP contribution in [0.1, 0.15) is 12.5 Å². The summed E-state index contributed by atoms with van der Waals surface area (Å²) in [7, 11) is -3.55. The maximum absolute atomic E-state index is 12.3. The molecule has 0 saturated carbocycles. The van der Waals surface area contributed by atoms with Gasteiger partial charge in [-0.1, -0.05) is 12.1 Å². The molecular formula is C13H18N2O6S. The lowest BCUT2D eigenvalue weighted by atomic mass is 10.2. The van der Waals surface area contributed by atoms with Crippen LogP contribution in [0.4, 0.5) is 5.69 Å². The Bertz CT molecular complexity index is 610. The summed E-state index contributed by atoms with van der Waals surface area (Å²) in [5.74, 6) is -0.244. The maximum atomic E-state index is 12.3. The lowest BCUT2D eigenvalue weighted by Crippen LogP contribution is -2.42. The molecule has 1 aliphatic rings. The molecule has 0 aromatic heterocycles. The van der Waals surface area contributed by atoms with Crippen LogP contribution in [0, 0.1) is 10.1 Å². The van der Waals surface area contributed by atoms with E-state index in [1.165, 1.54) is 31.2 Å². The molecule has 0 bridgehead atoms. The molecular weight excluding hydrogens is 312 g/mol. The van der Waals surface area contributed by atoms with E-state index >= 15 is 0 Å². The SMILES string of the molecule is CC(OC1CNCCO1)S(=O)(=O)Cc1ccc([N+](=O)[O-])cc1. The number of nitrogens with zero attached hydrogens (tertiary/aromatic N) is 1. The second kappa shape index (κ2) is 7.14. The summed E-state index contributed by atoms with van der Waals surface area (Å²) in [5, 5.41) is 13.6. The van der Waals surface area contributed by atoms with Crippen LogP contribution in [0.2, 0.25) is 0 Å². The third-order valence-electron chi connectivity index (χ3n) is 3.26. The minimum absolute atomic E-state index is 0.0767. The number of benzene rings is 1. The van der Waals surface area contributed by atoms with Gasteiger partial charge in [0.1, 0.15) is 0 Å². The zero-order valence-corrected chi connectivity index (χ0v) is 12.9. The molecule has 122 valence electrons. The van der Waals surface area contributed by atoms with E-state index in [1.54, 1.807) is 0 Å². The monoisotopic (exact) mass is 330 g/mol. The Morgan fingerprint density at radius 3 is 2.68 bits per heavy atom. The molecule has 2 rings (SSSR count). The summed E-state index contributed by atoms with van der Waals surface area (Å²) in [6.07, 6.45) is -0.588. The second-order valence-corrected chi connectivity index (χ2v) is 7.22. The molecule has 0 amide bonds. The van der Waals surface area contributed by atoms with Crippen molar-refractivity contribution in [2.24, 2.45) is 0 Å². The van der Waals surface area contributed by atoms with Crippen molar-refractivity contribution in [3.8, 4) is 0 Å². The number of morpholine rings is 1.